The summed E-state index contributed by atoms with van der Waals surface area (Å²) in [4.78, 5) is 18.2. The lowest BCUT2D eigenvalue weighted by molar-refractivity contribution is 0.0783. The Labute approximate surface area is 222 Å². The third kappa shape index (κ3) is 4.95. The molecule has 2 heterocycles. The molecule has 2 aliphatic heterocycles. The first-order valence-corrected chi connectivity index (χ1v) is 13.6. The first kappa shape index (κ1) is 24.7. The minimum atomic E-state index is -0.838. The van der Waals surface area contributed by atoms with Crippen molar-refractivity contribution in [3.8, 4) is 0 Å². The monoisotopic (exact) mass is 510 g/mol. The van der Waals surface area contributed by atoms with E-state index in [0.29, 0.717) is 24.6 Å². The first-order chi connectivity index (χ1) is 18.6. The van der Waals surface area contributed by atoms with E-state index in [0.717, 1.165) is 48.8 Å². The number of benzene rings is 4. The second-order valence-corrected chi connectivity index (χ2v) is 10.8. The van der Waals surface area contributed by atoms with E-state index < -0.39 is 11.6 Å². The molecule has 0 aliphatic carbocycles. The van der Waals surface area contributed by atoms with Gasteiger partial charge in [0.15, 0.2) is 11.6 Å². The maximum Gasteiger partial charge on any atom is 0.254 e. The predicted molar refractivity (Wildman–Crippen MR) is 147 cm³/mol. The van der Waals surface area contributed by atoms with E-state index in [-0.39, 0.29) is 17.7 Å². The van der Waals surface area contributed by atoms with Crippen LogP contribution in [0.5, 0.6) is 0 Å². The Morgan fingerprint density at radius 2 is 1.50 bits per heavy atom. The van der Waals surface area contributed by atoms with Crippen LogP contribution >= 0.6 is 0 Å². The van der Waals surface area contributed by atoms with E-state index in [1.165, 1.54) is 17.7 Å². The molecular weight excluding hydrogens is 478 g/mol. The zero-order valence-corrected chi connectivity index (χ0v) is 21.4. The maximum atomic E-state index is 14.3. The summed E-state index contributed by atoms with van der Waals surface area (Å²) < 4.78 is 28.0. The molecule has 0 N–H and O–H groups in total. The lowest BCUT2D eigenvalue weighted by Gasteiger charge is -2.34. The molecule has 194 valence electrons. The summed E-state index contributed by atoms with van der Waals surface area (Å²) in [6, 6.07) is 28.7. The molecule has 2 saturated heterocycles. The molecule has 2 fully saturated rings. The Bertz CT molecular complexity index is 1430. The largest absolute Gasteiger partial charge is 0.338 e. The lowest BCUT2D eigenvalue weighted by atomic mass is 9.86. The molecular formula is C33H32F2N2O. The summed E-state index contributed by atoms with van der Waals surface area (Å²) in [7, 11) is 0. The Balaban J connectivity index is 1.22. The zero-order chi connectivity index (χ0) is 26.1. The standard InChI is InChI=1S/C33H32F2N2O/c34-31-14-13-26(19-32(31)35)30-22-37(33(38)29-12-6-10-25-9-4-5-11-28(25)29)21-27(30)20-36-17-15-24(16-18-36)23-7-2-1-3-8-23/h1-14,19,24,27,30H,15-18,20-22H2. The molecule has 5 heteroatoms. The minimum Gasteiger partial charge on any atom is -0.338 e. The Hall–Kier alpha value is -3.57. The molecule has 2 atom stereocenters. The van der Waals surface area contributed by atoms with Gasteiger partial charge in [0, 0.05) is 31.1 Å². The number of likely N-dealkylation sites (tertiary alicyclic amines) is 2. The van der Waals surface area contributed by atoms with Crippen LogP contribution in [-0.2, 0) is 0 Å². The molecule has 1 amide bonds. The van der Waals surface area contributed by atoms with Gasteiger partial charge in [-0.2, -0.15) is 0 Å². The SMILES string of the molecule is O=C(c1cccc2ccccc12)N1CC(CN2CCC(c3ccccc3)CC2)C(c2ccc(F)c(F)c2)C1. The molecule has 38 heavy (non-hydrogen) atoms. The molecule has 0 radical (unpaired) electrons. The number of fused-ring (bicyclic) bond motifs is 1. The number of amides is 1. The smallest absolute Gasteiger partial charge is 0.254 e. The Morgan fingerprint density at radius 1 is 0.763 bits per heavy atom. The quantitative estimate of drug-likeness (QED) is 0.293. The van der Waals surface area contributed by atoms with Crippen molar-refractivity contribution < 1.29 is 13.6 Å². The lowest BCUT2D eigenvalue weighted by Crippen LogP contribution is -2.38. The Kier molecular flexibility index (Phi) is 6.94. The van der Waals surface area contributed by atoms with E-state index in [1.807, 2.05) is 47.4 Å². The van der Waals surface area contributed by atoms with Gasteiger partial charge in [0.05, 0.1) is 0 Å². The van der Waals surface area contributed by atoms with Gasteiger partial charge in [0.1, 0.15) is 0 Å². The second-order valence-electron chi connectivity index (χ2n) is 10.8. The average molecular weight is 511 g/mol. The summed E-state index contributed by atoms with van der Waals surface area (Å²) >= 11 is 0. The number of hydrogen-bond donors (Lipinski definition) is 0. The number of hydrogen-bond acceptors (Lipinski definition) is 2. The van der Waals surface area contributed by atoms with Gasteiger partial charge in [-0.25, -0.2) is 8.78 Å². The van der Waals surface area contributed by atoms with Gasteiger partial charge < -0.3 is 9.80 Å². The molecule has 3 nitrogen and oxygen atoms in total. The summed E-state index contributed by atoms with van der Waals surface area (Å²) in [5, 5.41) is 1.98. The van der Waals surface area contributed by atoms with Crippen molar-refractivity contribution in [1.82, 2.24) is 9.80 Å². The summed E-state index contributed by atoms with van der Waals surface area (Å²) in [5.41, 5.74) is 2.86. The van der Waals surface area contributed by atoms with E-state index >= 15 is 0 Å². The molecule has 2 aliphatic rings. The van der Waals surface area contributed by atoms with Crippen molar-refractivity contribution in [2.24, 2.45) is 5.92 Å². The highest BCUT2D eigenvalue weighted by molar-refractivity contribution is 6.07. The number of rotatable bonds is 5. The molecule has 0 bridgehead atoms. The van der Waals surface area contributed by atoms with Crippen LogP contribution in [0.15, 0.2) is 91.0 Å². The molecule has 0 saturated carbocycles. The third-order valence-electron chi connectivity index (χ3n) is 8.47. The Morgan fingerprint density at radius 3 is 2.29 bits per heavy atom. The van der Waals surface area contributed by atoms with Crippen molar-refractivity contribution >= 4 is 16.7 Å². The van der Waals surface area contributed by atoms with Gasteiger partial charge in [0.25, 0.3) is 5.91 Å². The van der Waals surface area contributed by atoms with Crippen LogP contribution in [0, 0.1) is 17.6 Å². The van der Waals surface area contributed by atoms with Crippen LogP contribution in [0.2, 0.25) is 0 Å². The molecule has 0 spiro atoms. The minimum absolute atomic E-state index is 0.000306. The van der Waals surface area contributed by atoms with Crippen LogP contribution in [0.1, 0.15) is 46.2 Å². The van der Waals surface area contributed by atoms with Gasteiger partial charge in [-0.05, 0) is 77.9 Å². The van der Waals surface area contributed by atoms with Crippen LogP contribution in [0.25, 0.3) is 10.8 Å². The summed E-state index contributed by atoms with van der Waals surface area (Å²) in [5.74, 6) is -0.996. The van der Waals surface area contributed by atoms with E-state index in [2.05, 4.69) is 35.2 Å². The molecule has 6 rings (SSSR count). The fourth-order valence-corrected chi connectivity index (χ4v) is 6.43. The summed E-state index contributed by atoms with van der Waals surface area (Å²) in [6.45, 7) is 3.93. The topological polar surface area (TPSA) is 23.6 Å². The van der Waals surface area contributed by atoms with E-state index in [9.17, 15) is 13.6 Å². The van der Waals surface area contributed by atoms with Crippen molar-refractivity contribution in [2.45, 2.75) is 24.7 Å². The molecule has 4 aromatic rings. The van der Waals surface area contributed by atoms with Gasteiger partial charge >= 0.3 is 0 Å². The fraction of sp³-hybridized carbons (Fsp3) is 0.303. The average Bonchev–Trinajstić information content (AvgIpc) is 3.38. The fourth-order valence-electron chi connectivity index (χ4n) is 6.43. The highest BCUT2D eigenvalue weighted by Gasteiger charge is 2.38. The number of carbonyl (C=O) groups is 1. The van der Waals surface area contributed by atoms with Gasteiger partial charge in [-0.15, -0.1) is 0 Å². The van der Waals surface area contributed by atoms with Crippen LogP contribution < -0.4 is 0 Å². The maximum absolute atomic E-state index is 14.3. The van der Waals surface area contributed by atoms with E-state index in [4.69, 9.17) is 0 Å². The van der Waals surface area contributed by atoms with Crippen molar-refractivity contribution in [3.05, 3.63) is 119 Å². The second kappa shape index (κ2) is 10.7. The van der Waals surface area contributed by atoms with Gasteiger partial charge in [-0.1, -0.05) is 72.8 Å². The van der Waals surface area contributed by atoms with Gasteiger partial charge in [-0.3, -0.25) is 4.79 Å². The number of nitrogens with zero attached hydrogens (tertiary/aromatic N) is 2. The highest BCUT2D eigenvalue weighted by atomic mass is 19.2. The number of piperidine rings is 1. The highest BCUT2D eigenvalue weighted by Crippen LogP contribution is 2.37. The summed E-state index contributed by atoms with van der Waals surface area (Å²) in [6.07, 6.45) is 2.20. The number of halogens is 2. The molecule has 2 unspecified atom stereocenters. The van der Waals surface area contributed by atoms with E-state index in [1.54, 1.807) is 6.07 Å². The first-order valence-electron chi connectivity index (χ1n) is 13.6. The normalized spacial score (nSPS) is 20.7. The van der Waals surface area contributed by atoms with Crippen molar-refractivity contribution in [1.29, 1.82) is 0 Å². The van der Waals surface area contributed by atoms with Crippen molar-refractivity contribution in [2.75, 3.05) is 32.7 Å². The number of carbonyl (C=O) groups excluding carboxylic acids is 1. The van der Waals surface area contributed by atoms with Gasteiger partial charge in [0.2, 0.25) is 0 Å². The molecule has 4 aromatic carbocycles. The van der Waals surface area contributed by atoms with Crippen LogP contribution in [0.3, 0.4) is 0 Å². The third-order valence-corrected chi connectivity index (χ3v) is 8.47. The van der Waals surface area contributed by atoms with Crippen LogP contribution in [-0.4, -0.2) is 48.4 Å². The predicted octanol–water partition coefficient (Wildman–Crippen LogP) is 6.85. The zero-order valence-electron chi connectivity index (χ0n) is 21.4. The molecule has 0 aromatic heterocycles. The van der Waals surface area contributed by atoms with Crippen molar-refractivity contribution in [3.63, 3.8) is 0 Å². The van der Waals surface area contributed by atoms with Crippen LogP contribution in [0.4, 0.5) is 8.78 Å².